The van der Waals surface area contributed by atoms with Crippen molar-refractivity contribution in [2.45, 2.75) is 20.0 Å². The maximum absolute atomic E-state index is 8.86. The van der Waals surface area contributed by atoms with E-state index >= 15 is 0 Å². The Morgan fingerprint density at radius 1 is 1.30 bits per heavy atom. The van der Waals surface area contributed by atoms with Crippen LogP contribution in [0.25, 0.3) is 0 Å². The van der Waals surface area contributed by atoms with Crippen LogP contribution in [0.3, 0.4) is 0 Å². The number of benzene rings is 1. The molecule has 0 amide bonds. The number of nitrogens with one attached hydrogen (secondary N) is 1. The molecule has 20 heavy (non-hydrogen) atoms. The molecule has 0 unspecified atom stereocenters. The van der Waals surface area contributed by atoms with Gasteiger partial charge in [-0.3, -0.25) is 0 Å². The summed E-state index contributed by atoms with van der Waals surface area (Å²) in [6, 6.07) is 9.15. The second kappa shape index (κ2) is 6.17. The molecular weight excluding hydrogens is 278 g/mol. The van der Waals surface area contributed by atoms with Crippen molar-refractivity contribution < 1.29 is 4.74 Å². The minimum atomic E-state index is -0.0665. The third kappa shape index (κ3) is 3.80. The predicted molar refractivity (Wildman–Crippen MR) is 75.0 cm³/mol. The molecule has 0 aliphatic heterocycles. The summed E-state index contributed by atoms with van der Waals surface area (Å²) >= 11 is 5.82. The van der Waals surface area contributed by atoms with Gasteiger partial charge in [0.05, 0.1) is 17.7 Å². The first kappa shape index (κ1) is 14.0. The summed E-state index contributed by atoms with van der Waals surface area (Å²) in [5.74, 6) is 0.260. The third-order valence-corrected chi connectivity index (χ3v) is 2.35. The molecule has 102 valence electrons. The normalized spacial score (nSPS) is 10.2. The first-order valence-electron chi connectivity index (χ1n) is 5.92. The van der Waals surface area contributed by atoms with Crippen molar-refractivity contribution >= 4 is 23.2 Å². The number of hydrogen-bond acceptors (Lipinski definition) is 6. The van der Waals surface area contributed by atoms with Crippen LogP contribution in [-0.2, 0) is 0 Å². The SMILES string of the molecule is CC(C)Oc1nc(Cl)nc(Nc2cccc(C#N)c2)n1. The van der Waals surface area contributed by atoms with Crippen LogP contribution >= 0.6 is 11.6 Å². The standard InChI is InChI=1S/C13H12ClN5O/c1-8(2)20-13-18-11(14)17-12(19-13)16-10-5-3-4-9(6-10)7-15/h3-6,8H,1-2H3,(H,16,17,18,19). The first-order valence-corrected chi connectivity index (χ1v) is 6.30. The summed E-state index contributed by atoms with van der Waals surface area (Å²) in [5, 5.41) is 11.8. The minimum absolute atomic E-state index is 0.0367. The topological polar surface area (TPSA) is 83.7 Å². The van der Waals surface area contributed by atoms with Crippen LogP contribution in [0.5, 0.6) is 6.01 Å². The lowest BCUT2D eigenvalue weighted by Gasteiger charge is -2.09. The average Bonchev–Trinajstić information content (AvgIpc) is 2.37. The van der Waals surface area contributed by atoms with Crippen molar-refractivity contribution in [3.05, 3.63) is 35.1 Å². The van der Waals surface area contributed by atoms with E-state index in [0.29, 0.717) is 11.3 Å². The van der Waals surface area contributed by atoms with Crippen LogP contribution in [0.1, 0.15) is 19.4 Å². The van der Waals surface area contributed by atoms with Crippen LogP contribution in [0.2, 0.25) is 5.28 Å². The molecule has 1 aromatic heterocycles. The van der Waals surface area contributed by atoms with Crippen molar-refractivity contribution in [3.63, 3.8) is 0 Å². The maximum atomic E-state index is 8.86. The molecule has 0 spiro atoms. The van der Waals surface area contributed by atoms with Gasteiger partial charge in [-0.15, -0.1) is 0 Å². The Morgan fingerprint density at radius 2 is 2.10 bits per heavy atom. The zero-order chi connectivity index (χ0) is 14.5. The largest absolute Gasteiger partial charge is 0.461 e. The maximum Gasteiger partial charge on any atom is 0.322 e. The molecule has 0 saturated heterocycles. The van der Waals surface area contributed by atoms with Crippen LogP contribution < -0.4 is 10.1 Å². The number of hydrogen-bond donors (Lipinski definition) is 1. The van der Waals surface area contributed by atoms with E-state index in [9.17, 15) is 0 Å². The molecule has 0 aliphatic carbocycles. The summed E-state index contributed by atoms with van der Waals surface area (Å²) in [5.41, 5.74) is 1.22. The second-order valence-electron chi connectivity index (χ2n) is 4.19. The van der Waals surface area contributed by atoms with Gasteiger partial charge in [0.2, 0.25) is 11.2 Å². The van der Waals surface area contributed by atoms with E-state index in [1.54, 1.807) is 24.3 Å². The van der Waals surface area contributed by atoms with Gasteiger partial charge in [0.25, 0.3) is 0 Å². The summed E-state index contributed by atoms with van der Waals surface area (Å²) < 4.78 is 5.38. The molecule has 6 nitrogen and oxygen atoms in total. The van der Waals surface area contributed by atoms with E-state index in [1.807, 2.05) is 13.8 Å². The van der Waals surface area contributed by atoms with Gasteiger partial charge in [-0.1, -0.05) is 6.07 Å². The minimum Gasteiger partial charge on any atom is -0.461 e. The molecule has 0 saturated carbocycles. The molecule has 2 aromatic rings. The molecule has 1 N–H and O–H groups in total. The fourth-order valence-corrected chi connectivity index (χ4v) is 1.60. The predicted octanol–water partition coefficient (Wildman–Crippen LogP) is 2.93. The van der Waals surface area contributed by atoms with E-state index in [-0.39, 0.29) is 23.3 Å². The van der Waals surface area contributed by atoms with Crippen LogP contribution in [0, 0.1) is 11.3 Å². The second-order valence-corrected chi connectivity index (χ2v) is 4.53. The zero-order valence-corrected chi connectivity index (χ0v) is 11.7. The van der Waals surface area contributed by atoms with E-state index in [0.717, 1.165) is 0 Å². The highest BCUT2D eigenvalue weighted by Crippen LogP contribution is 2.18. The van der Waals surface area contributed by atoms with Crippen molar-refractivity contribution in [2.24, 2.45) is 0 Å². The number of nitrogens with zero attached hydrogens (tertiary/aromatic N) is 4. The van der Waals surface area contributed by atoms with Crippen molar-refractivity contribution in [1.29, 1.82) is 5.26 Å². The Labute approximate surface area is 121 Å². The molecule has 1 aromatic carbocycles. The molecule has 0 radical (unpaired) electrons. The summed E-state index contributed by atoms with van der Waals surface area (Å²) in [6.07, 6.45) is -0.0665. The molecule has 2 rings (SSSR count). The lowest BCUT2D eigenvalue weighted by atomic mass is 10.2. The van der Waals surface area contributed by atoms with Crippen molar-refractivity contribution in [2.75, 3.05) is 5.32 Å². The number of aromatic nitrogens is 3. The molecule has 0 fully saturated rings. The van der Waals surface area contributed by atoms with Gasteiger partial charge in [-0.2, -0.15) is 20.2 Å². The fraction of sp³-hybridized carbons (Fsp3) is 0.231. The van der Waals surface area contributed by atoms with E-state index in [2.05, 4.69) is 26.3 Å². The molecule has 7 heteroatoms. The van der Waals surface area contributed by atoms with Gasteiger partial charge >= 0.3 is 6.01 Å². The Kier molecular flexibility index (Phi) is 4.33. The van der Waals surface area contributed by atoms with Gasteiger partial charge in [-0.25, -0.2) is 0 Å². The number of halogens is 1. The van der Waals surface area contributed by atoms with Crippen molar-refractivity contribution in [1.82, 2.24) is 15.0 Å². The highest BCUT2D eigenvalue weighted by atomic mass is 35.5. The molecular formula is C13H12ClN5O. The lowest BCUT2D eigenvalue weighted by molar-refractivity contribution is 0.222. The number of nitriles is 1. The Balaban J connectivity index is 2.24. The third-order valence-electron chi connectivity index (χ3n) is 2.18. The lowest BCUT2D eigenvalue weighted by Crippen LogP contribution is -2.10. The number of anilines is 2. The highest BCUT2D eigenvalue weighted by Gasteiger charge is 2.08. The zero-order valence-electron chi connectivity index (χ0n) is 11.0. The van der Waals surface area contributed by atoms with Crippen LogP contribution in [0.15, 0.2) is 24.3 Å². The summed E-state index contributed by atoms with van der Waals surface area (Å²) in [6.45, 7) is 3.72. The van der Waals surface area contributed by atoms with Gasteiger partial charge < -0.3 is 10.1 Å². The molecule has 0 atom stereocenters. The molecule has 0 bridgehead atoms. The Hall–Kier alpha value is -2.39. The average molecular weight is 290 g/mol. The van der Waals surface area contributed by atoms with E-state index < -0.39 is 0 Å². The van der Waals surface area contributed by atoms with Crippen LogP contribution in [0.4, 0.5) is 11.6 Å². The number of ether oxygens (including phenoxy) is 1. The summed E-state index contributed by atoms with van der Waals surface area (Å²) in [7, 11) is 0. The number of rotatable bonds is 4. The first-order chi connectivity index (χ1) is 9.56. The van der Waals surface area contributed by atoms with Gasteiger partial charge in [0, 0.05) is 5.69 Å². The fourth-order valence-electron chi connectivity index (χ4n) is 1.45. The van der Waals surface area contributed by atoms with Gasteiger partial charge in [0.15, 0.2) is 0 Å². The smallest absolute Gasteiger partial charge is 0.322 e. The van der Waals surface area contributed by atoms with Gasteiger partial charge in [-0.05, 0) is 43.6 Å². The highest BCUT2D eigenvalue weighted by molar-refractivity contribution is 6.28. The molecule has 1 heterocycles. The monoisotopic (exact) mass is 289 g/mol. The van der Waals surface area contributed by atoms with Gasteiger partial charge in [0.1, 0.15) is 0 Å². The van der Waals surface area contributed by atoms with Crippen molar-refractivity contribution in [3.8, 4) is 12.1 Å². The summed E-state index contributed by atoms with van der Waals surface area (Å²) in [4.78, 5) is 11.9. The van der Waals surface area contributed by atoms with E-state index in [1.165, 1.54) is 0 Å². The Morgan fingerprint density at radius 3 is 2.80 bits per heavy atom. The van der Waals surface area contributed by atoms with Crippen LogP contribution in [-0.4, -0.2) is 21.1 Å². The quantitative estimate of drug-likeness (QED) is 0.931. The Bertz CT molecular complexity index is 653. The molecule has 0 aliphatic rings. The van der Waals surface area contributed by atoms with E-state index in [4.69, 9.17) is 21.6 Å².